The van der Waals surface area contributed by atoms with Gasteiger partial charge >= 0.3 is 0 Å². The molecule has 0 aliphatic heterocycles. The molecule has 6 heteroatoms. The van der Waals surface area contributed by atoms with E-state index in [9.17, 15) is 0 Å². The number of rotatable bonds is 7. The highest BCUT2D eigenvalue weighted by Gasteiger charge is 2.05. The van der Waals surface area contributed by atoms with Crippen molar-refractivity contribution in [3.8, 4) is 17.0 Å². The minimum absolute atomic E-state index is 0.499. The summed E-state index contributed by atoms with van der Waals surface area (Å²) in [7, 11) is 0. The molecule has 132 valence electrons. The molecule has 1 aromatic heterocycles. The Hall–Kier alpha value is -2.44. The normalized spacial score (nSPS) is 11.2. The summed E-state index contributed by atoms with van der Waals surface area (Å²) in [4.78, 5) is 4.58. The number of thiazole rings is 1. The third-order valence-corrected chi connectivity index (χ3v) is 4.88. The molecule has 0 saturated heterocycles. The maximum Gasteiger partial charge on any atom is 0.203 e. The molecule has 3 aromatic rings. The summed E-state index contributed by atoms with van der Waals surface area (Å²) in [5.41, 5.74) is 6.94. The number of nitrogens with zero attached hydrogens (tertiary/aromatic N) is 2. The maximum absolute atomic E-state index is 5.49. The average molecular weight is 428 g/mol. The van der Waals surface area contributed by atoms with Gasteiger partial charge in [0.1, 0.15) is 12.4 Å². The lowest BCUT2D eigenvalue weighted by Crippen LogP contribution is -2.00. The van der Waals surface area contributed by atoms with Gasteiger partial charge in [-0.1, -0.05) is 40.7 Å². The van der Waals surface area contributed by atoms with Crippen LogP contribution in [0, 0.1) is 0 Å². The molecule has 0 spiro atoms. The maximum atomic E-state index is 5.49. The standard InChI is InChI=1S/C20H18BrN3OS/c1-3-12-25-18-10-6-15(7-11-18)14(2)23-24-20-22-19(13-26-20)16-4-8-17(21)9-5-16/h3-11,13H,1,12H2,2H3,(H,22,24)/b23-14-. The Labute approximate surface area is 165 Å². The van der Waals surface area contributed by atoms with Crippen molar-refractivity contribution in [2.45, 2.75) is 6.92 Å². The third-order valence-electron chi connectivity index (χ3n) is 3.60. The molecule has 1 N–H and O–H groups in total. The van der Waals surface area contributed by atoms with E-state index in [2.05, 4.69) is 38.0 Å². The molecule has 4 nitrogen and oxygen atoms in total. The molecule has 26 heavy (non-hydrogen) atoms. The fraction of sp³-hybridized carbons (Fsp3) is 0.100. The van der Waals surface area contributed by atoms with Crippen LogP contribution in [0.3, 0.4) is 0 Å². The quantitative estimate of drug-likeness (QED) is 0.286. The van der Waals surface area contributed by atoms with Crippen LogP contribution in [0.5, 0.6) is 5.75 Å². The van der Waals surface area contributed by atoms with Gasteiger partial charge in [0.25, 0.3) is 0 Å². The Balaban J connectivity index is 1.65. The fourth-order valence-electron chi connectivity index (χ4n) is 2.22. The van der Waals surface area contributed by atoms with Crippen molar-refractivity contribution in [1.82, 2.24) is 4.98 Å². The number of hydrazone groups is 1. The van der Waals surface area contributed by atoms with Crippen LogP contribution >= 0.6 is 27.3 Å². The summed E-state index contributed by atoms with van der Waals surface area (Å²) in [6.07, 6.45) is 1.72. The molecule has 0 radical (unpaired) electrons. The van der Waals surface area contributed by atoms with Crippen molar-refractivity contribution in [3.05, 3.63) is 76.6 Å². The van der Waals surface area contributed by atoms with Gasteiger partial charge in [0.05, 0.1) is 11.4 Å². The second-order valence-corrected chi connectivity index (χ2v) is 7.25. The number of anilines is 1. The fourth-order valence-corrected chi connectivity index (χ4v) is 3.15. The van der Waals surface area contributed by atoms with Crippen molar-refractivity contribution in [2.75, 3.05) is 12.0 Å². The van der Waals surface area contributed by atoms with Gasteiger partial charge in [-0.25, -0.2) is 4.98 Å². The van der Waals surface area contributed by atoms with E-state index in [1.54, 1.807) is 6.08 Å². The van der Waals surface area contributed by atoms with E-state index in [1.165, 1.54) is 11.3 Å². The highest BCUT2D eigenvalue weighted by atomic mass is 79.9. The Bertz CT molecular complexity index is 902. The van der Waals surface area contributed by atoms with Crippen molar-refractivity contribution in [2.24, 2.45) is 5.10 Å². The highest BCUT2D eigenvalue weighted by Crippen LogP contribution is 2.26. The van der Waals surface area contributed by atoms with E-state index in [4.69, 9.17) is 4.74 Å². The number of hydrogen-bond acceptors (Lipinski definition) is 5. The first kappa shape index (κ1) is 18.4. The van der Waals surface area contributed by atoms with Gasteiger partial charge in [-0.15, -0.1) is 11.3 Å². The Morgan fingerprint density at radius 1 is 1.23 bits per heavy atom. The van der Waals surface area contributed by atoms with Gasteiger partial charge in [-0.05, 0) is 48.9 Å². The molecular formula is C20H18BrN3OS. The van der Waals surface area contributed by atoms with Crippen LogP contribution in [0.1, 0.15) is 12.5 Å². The zero-order valence-corrected chi connectivity index (χ0v) is 16.7. The van der Waals surface area contributed by atoms with Crippen LogP contribution in [0.25, 0.3) is 11.3 Å². The first-order chi connectivity index (χ1) is 12.7. The molecule has 0 aliphatic carbocycles. The van der Waals surface area contributed by atoms with Crippen LogP contribution in [-0.4, -0.2) is 17.3 Å². The molecular weight excluding hydrogens is 410 g/mol. The molecule has 2 aromatic carbocycles. The van der Waals surface area contributed by atoms with Crippen LogP contribution < -0.4 is 10.2 Å². The SMILES string of the molecule is C=CCOc1ccc(/C(C)=N\Nc2nc(-c3ccc(Br)cc3)cs2)cc1. The van der Waals surface area contributed by atoms with Gasteiger partial charge in [0.2, 0.25) is 5.13 Å². The van der Waals surface area contributed by atoms with Crippen molar-refractivity contribution < 1.29 is 4.74 Å². The number of nitrogens with one attached hydrogen (secondary N) is 1. The van der Waals surface area contributed by atoms with Gasteiger partial charge in [-0.3, -0.25) is 5.43 Å². The number of halogens is 1. The first-order valence-corrected chi connectivity index (χ1v) is 9.69. The topological polar surface area (TPSA) is 46.5 Å². The smallest absolute Gasteiger partial charge is 0.203 e. The Morgan fingerprint density at radius 2 is 1.96 bits per heavy atom. The van der Waals surface area contributed by atoms with Crippen LogP contribution in [0.2, 0.25) is 0 Å². The third kappa shape index (κ3) is 4.80. The predicted octanol–water partition coefficient (Wildman–Crippen LogP) is 5.97. The Kier molecular flexibility index (Phi) is 6.20. The lowest BCUT2D eigenvalue weighted by Gasteiger charge is -2.05. The van der Waals surface area contributed by atoms with Crippen LogP contribution in [0.4, 0.5) is 5.13 Å². The largest absolute Gasteiger partial charge is 0.490 e. The number of hydrogen-bond donors (Lipinski definition) is 1. The van der Waals surface area contributed by atoms with Gasteiger partial charge in [-0.2, -0.15) is 5.10 Å². The molecule has 0 saturated carbocycles. The zero-order valence-electron chi connectivity index (χ0n) is 14.3. The highest BCUT2D eigenvalue weighted by molar-refractivity contribution is 9.10. The summed E-state index contributed by atoms with van der Waals surface area (Å²) in [5, 5.41) is 7.20. The minimum atomic E-state index is 0.499. The lowest BCUT2D eigenvalue weighted by molar-refractivity contribution is 0.363. The molecule has 0 amide bonds. The minimum Gasteiger partial charge on any atom is -0.490 e. The summed E-state index contributed by atoms with van der Waals surface area (Å²) >= 11 is 4.97. The van der Waals surface area contributed by atoms with Gasteiger partial charge in [0, 0.05) is 15.4 Å². The number of ether oxygens (including phenoxy) is 1. The molecule has 3 rings (SSSR count). The molecule has 0 aliphatic rings. The van der Waals surface area contributed by atoms with E-state index in [-0.39, 0.29) is 0 Å². The van der Waals surface area contributed by atoms with E-state index >= 15 is 0 Å². The molecule has 0 fully saturated rings. The Morgan fingerprint density at radius 3 is 2.65 bits per heavy atom. The van der Waals surface area contributed by atoms with Crippen LogP contribution in [-0.2, 0) is 0 Å². The number of benzene rings is 2. The van der Waals surface area contributed by atoms with Crippen molar-refractivity contribution in [3.63, 3.8) is 0 Å². The average Bonchev–Trinajstić information content (AvgIpc) is 3.14. The lowest BCUT2D eigenvalue weighted by atomic mass is 10.1. The molecule has 0 unspecified atom stereocenters. The van der Waals surface area contributed by atoms with E-state index in [0.29, 0.717) is 6.61 Å². The molecule has 0 atom stereocenters. The summed E-state index contributed by atoms with van der Waals surface area (Å²) in [5.74, 6) is 0.813. The van der Waals surface area contributed by atoms with E-state index < -0.39 is 0 Å². The monoisotopic (exact) mass is 427 g/mol. The second-order valence-electron chi connectivity index (χ2n) is 5.48. The van der Waals surface area contributed by atoms with Crippen molar-refractivity contribution in [1.29, 1.82) is 0 Å². The molecule has 1 heterocycles. The van der Waals surface area contributed by atoms with Crippen LogP contribution in [0.15, 0.2) is 76.1 Å². The van der Waals surface area contributed by atoms with Crippen molar-refractivity contribution >= 4 is 38.1 Å². The number of aromatic nitrogens is 1. The zero-order chi connectivity index (χ0) is 18.4. The second kappa shape index (κ2) is 8.78. The summed E-state index contributed by atoms with van der Waals surface area (Å²) in [6.45, 7) is 6.09. The van der Waals surface area contributed by atoms with Gasteiger partial charge in [0.15, 0.2) is 0 Å². The first-order valence-electron chi connectivity index (χ1n) is 8.01. The van der Waals surface area contributed by atoms with E-state index in [0.717, 1.165) is 37.9 Å². The van der Waals surface area contributed by atoms with E-state index in [1.807, 2.05) is 60.8 Å². The summed E-state index contributed by atoms with van der Waals surface area (Å²) in [6, 6.07) is 15.9. The predicted molar refractivity (Wildman–Crippen MR) is 113 cm³/mol. The summed E-state index contributed by atoms with van der Waals surface area (Å²) < 4.78 is 6.54. The molecule has 0 bridgehead atoms. The van der Waals surface area contributed by atoms with Gasteiger partial charge < -0.3 is 4.74 Å².